The molecule has 29 heavy (non-hydrogen) atoms. The molecule has 0 aliphatic rings. The van der Waals surface area contributed by atoms with E-state index in [1.807, 2.05) is 48.5 Å². The van der Waals surface area contributed by atoms with Crippen LogP contribution in [0.15, 0.2) is 78.0 Å². The molecule has 0 aliphatic carbocycles. The summed E-state index contributed by atoms with van der Waals surface area (Å²) in [6, 6.07) is 18.2. The number of aromatic amines is 1. The van der Waals surface area contributed by atoms with Gasteiger partial charge in [0.05, 0.1) is 22.8 Å². The Bertz CT molecular complexity index is 1060. The molecule has 6 nitrogen and oxygen atoms in total. The van der Waals surface area contributed by atoms with E-state index in [4.69, 9.17) is 0 Å². The normalized spacial score (nSPS) is 12.0. The van der Waals surface area contributed by atoms with Crippen molar-refractivity contribution in [1.29, 1.82) is 0 Å². The summed E-state index contributed by atoms with van der Waals surface area (Å²) >= 11 is 1.46. The molecule has 1 atom stereocenters. The van der Waals surface area contributed by atoms with E-state index in [0.29, 0.717) is 18.0 Å². The van der Waals surface area contributed by atoms with Gasteiger partial charge < -0.3 is 15.4 Å². The van der Waals surface area contributed by atoms with E-state index in [-0.39, 0.29) is 17.7 Å². The van der Waals surface area contributed by atoms with Crippen LogP contribution >= 0.6 is 11.8 Å². The van der Waals surface area contributed by atoms with Gasteiger partial charge in [0.1, 0.15) is 11.6 Å². The number of H-pyrrole nitrogens is 1. The summed E-state index contributed by atoms with van der Waals surface area (Å²) in [6.45, 7) is 0. The number of aromatic nitrogens is 3. The molecule has 0 bridgehead atoms. The Morgan fingerprint density at radius 2 is 1.83 bits per heavy atom. The molecule has 0 fully saturated rings. The molecular weight excluding hydrogens is 384 g/mol. The van der Waals surface area contributed by atoms with Gasteiger partial charge in [-0.25, -0.2) is 4.98 Å². The number of pyridine rings is 1. The quantitative estimate of drug-likeness (QED) is 0.407. The summed E-state index contributed by atoms with van der Waals surface area (Å²) in [7, 11) is 0. The molecule has 0 aliphatic heterocycles. The molecule has 2 heterocycles. The number of fused-ring (bicyclic) bond motifs is 1. The van der Waals surface area contributed by atoms with Crippen LogP contribution in [0.4, 0.5) is 0 Å². The van der Waals surface area contributed by atoms with E-state index in [1.54, 1.807) is 24.5 Å². The minimum absolute atomic E-state index is 0.0731. The number of thioether (sulfide) groups is 1. The third kappa shape index (κ3) is 4.94. The standard InChI is InChI=1S/C22H20N4O2S/c27-16-7-5-15(6-8-16)13-20(22-25-18-3-1-2-4-19(18)26-22)24-21(28)14-29-17-9-11-23-12-10-17/h1-12,20,27H,13-14H2,(H,24,28)(H,25,26)/t20-/m1/s1. The number of carbonyl (C=O) groups is 1. The predicted octanol–water partition coefficient (Wildman–Crippen LogP) is 3.86. The van der Waals surface area contributed by atoms with Crippen molar-refractivity contribution in [3.05, 3.63) is 84.4 Å². The Labute approximate surface area is 172 Å². The van der Waals surface area contributed by atoms with E-state index in [2.05, 4.69) is 20.3 Å². The molecule has 1 amide bonds. The average molecular weight is 404 g/mol. The fourth-order valence-corrected chi connectivity index (χ4v) is 3.74. The highest BCUT2D eigenvalue weighted by molar-refractivity contribution is 8.00. The third-order valence-electron chi connectivity index (χ3n) is 4.47. The van der Waals surface area contributed by atoms with Gasteiger partial charge in [-0.05, 0) is 48.4 Å². The first kappa shape index (κ1) is 19.0. The SMILES string of the molecule is O=C(CSc1ccncc1)N[C@H](Cc1ccc(O)cc1)c1nc2ccccc2[nH]1. The number of para-hydroxylation sites is 2. The number of amides is 1. The highest BCUT2D eigenvalue weighted by Gasteiger charge is 2.19. The zero-order valence-corrected chi connectivity index (χ0v) is 16.4. The van der Waals surface area contributed by atoms with Crippen molar-refractivity contribution in [3.63, 3.8) is 0 Å². The highest BCUT2D eigenvalue weighted by atomic mass is 32.2. The number of benzene rings is 2. The molecule has 0 spiro atoms. The Morgan fingerprint density at radius 3 is 2.59 bits per heavy atom. The number of rotatable bonds is 7. The molecule has 0 saturated carbocycles. The number of carbonyl (C=O) groups excluding carboxylic acids is 1. The van der Waals surface area contributed by atoms with Crippen molar-refractivity contribution in [3.8, 4) is 5.75 Å². The van der Waals surface area contributed by atoms with Gasteiger partial charge in [0, 0.05) is 17.3 Å². The van der Waals surface area contributed by atoms with Crippen LogP contribution in [-0.4, -0.2) is 31.7 Å². The van der Waals surface area contributed by atoms with Crippen LogP contribution < -0.4 is 5.32 Å². The number of hydrogen-bond acceptors (Lipinski definition) is 5. The van der Waals surface area contributed by atoms with Crippen LogP contribution in [0.2, 0.25) is 0 Å². The minimum atomic E-state index is -0.308. The van der Waals surface area contributed by atoms with Crippen LogP contribution in [0.1, 0.15) is 17.4 Å². The number of phenols is 1. The second-order valence-electron chi connectivity index (χ2n) is 6.60. The van der Waals surface area contributed by atoms with Gasteiger partial charge in [-0.3, -0.25) is 9.78 Å². The average Bonchev–Trinajstić information content (AvgIpc) is 3.18. The molecule has 7 heteroatoms. The third-order valence-corrected chi connectivity index (χ3v) is 5.48. The Balaban J connectivity index is 1.52. The molecule has 2 aromatic carbocycles. The lowest BCUT2D eigenvalue weighted by Crippen LogP contribution is -2.32. The fraction of sp³-hybridized carbons (Fsp3) is 0.136. The Hall–Kier alpha value is -3.32. The number of phenolic OH excluding ortho intramolecular Hbond substituents is 1. The number of imidazole rings is 1. The van der Waals surface area contributed by atoms with Crippen LogP contribution in [0.5, 0.6) is 5.75 Å². The first-order chi connectivity index (χ1) is 14.2. The van der Waals surface area contributed by atoms with Crippen molar-refractivity contribution in [2.45, 2.75) is 17.4 Å². The predicted molar refractivity (Wildman–Crippen MR) is 114 cm³/mol. The van der Waals surface area contributed by atoms with Gasteiger partial charge in [0.15, 0.2) is 0 Å². The molecule has 0 saturated heterocycles. The lowest BCUT2D eigenvalue weighted by Gasteiger charge is -2.17. The molecule has 4 rings (SSSR count). The molecular formula is C22H20N4O2S. The van der Waals surface area contributed by atoms with Gasteiger partial charge in [0.2, 0.25) is 5.91 Å². The van der Waals surface area contributed by atoms with Crippen molar-refractivity contribution < 1.29 is 9.90 Å². The number of hydrogen-bond donors (Lipinski definition) is 3. The monoisotopic (exact) mass is 404 g/mol. The molecule has 0 radical (unpaired) electrons. The van der Waals surface area contributed by atoms with Crippen LogP contribution in [-0.2, 0) is 11.2 Å². The van der Waals surface area contributed by atoms with Crippen LogP contribution in [0.3, 0.4) is 0 Å². The zero-order valence-electron chi connectivity index (χ0n) is 15.6. The summed E-state index contributed by atoms with van der Waals surface area (Å²) in [4.78, 5) is 25.6. The fourth-order valence-electron chi connectivity index (χ4n) is 3.04. The van der Waals surface area contributed by atoms with E-state index < -0.39 is 0 Å². The second-order valence-corrected chi connectivity index (χ2v) is 7.65. The van der Waals surface area contributed by atoms with Gasteiger partial charge in [-0.2, -0.15) is 0 Å². The van der Waals surface area contributed by atoms with E-state index in [0.717, 1.165) is 21.5 Å². The van der Waals surface area contributed by atoms with Crippen molar-refractivity contribution in [2.75, 3.05) is 5.75 Å². The Morgan fingerprint density at radius 1 is 1.07 bits per heavy atom. The van der Waals surface area contributed by atoms with Crippen molar-refractivity contribution in [2.24, 2.45) is 0 Å². The van der Waals surface area contributed by atoms with Gasteiger partial charge in [0.25, 0.3) is 0 Å². The lowest BCUT2D eigenvalue weighted by atomic mass is 10.1. The maximum atomic E-state index is 12.6. The number of aromatic hydroxyl groups is 1. The lowest BCUT2D eigenvalue weighted by molar-refractivity contribution is -0.119. The van der Waals surface area contributed by atoms with Crippen LogP contribution in [0, 0.1) is 0 Å². The maximum absolute atomic E-state index is 12.6. The largest absolute Gasteiger partial charge is 0.508 e. The smallest absolute Gasteiger partial charge is 0.230 e. The van der Waals surface area contributed by atoms with Crippen molar-refractivity contribution in [1.82, 2.24) is 20.3 Å². The van der Waals surface area contributed by atoms with E-state index in [1.165, 1.54) is 11.8 Å². The maximum Gasteiger partial charge on any atom is 0.230 e. The van der Waals surface area contributed by atoms with E-state index in [9.17, 15) is 9.90 Å². The van der Waals surface area contributed by atoms with Gasteiger partial charge in [-0.1, -0.05) is 24.3 Å². The summed E-state index contributed by atoms with van der Waals surface area (Å²) in [5.74, 6) is 1.15. The number of nitrogens with zero attached hydrogens (tertiary/aromatic N) is 2. The summed E-state index contributed by atoms with van der Waals surface area (Å²) in [6.07, 6.45) is 3.98. The minimum Gasteiger partial charge on any atom is -0.508 e. The summed E-state index contributed by atoms with van der Waals surface area (Å²) < 4.78 is 0. The Kier molecular flexibility index (Phi) is 5.76. The first-order valence-electron chi connectivity index (χ1n) is 9.22. The highest BCUT2D eigenvalue weighted by Crippen LogP contribution is 2.22. The summed E-state index contributed by atoms with van der Waals surface area (Å²) in [5.41, 5.74) is 2.78. The topological polar surface area (TPSA) is 90.9 Å². The molecule has 2 aromatic heterocycles. The zero-order chi connectivity index (χ0) is 20.1. The van der Waals surface area contributed by atoms with Gasteiger partial charge in [-0.15, -0.1) is 11.8 Å². The first-order valence-corrected chi connectivity index (χ1v) is 10.2. The molecule has 0 unspecified atom stereocenters. The van der Waals surface area contributed by atoms with Crippen molar-refractivity contribution >= 4 is 28.7 Å². The molecule has 3 N–H and O–H groups in total. The number of nitrogens with one attached hydrogen (secondary N) is 2. The van der Waals surface area contributed by atoms with Gasteiger partial charge >= 0.3 is 0 Å². The summed E-state index contributed by atoms with van der Waals surface area (Å²) in [5, 5.41) is 12.6. The molecule has 146 valence electrons. The van der Waals surface area contributed by atoms with Crippen LogP contribution in [0.25, 0.3) is 11.0 Å². The molecule has 4 aromatic rings. The van der Waals surface area contributed by atoms with E-state index >= 15 is 0 Å². The second kappa shape index (κ2) is 8.79.